The number of nitrogen functional groups attached to an aromatic ring is 1. The molecule has 0 saturated heterocycles. The van der Waals surface area contributed by atoms with Gasteiger partial charge in [0.1, 0.15) is 11.8 Å². The molecule has 4 aliphatic carbocycles. The Morgan fingerprint density at radius 2 is 2.06 bits per heavy atom. The SMILES string of the molecule is Cc1nc(N)c(C[n+]2csc(CCOC(=O)C34CC5CC(CC(C)(C5)C3)C4)c2C)c[nH+]1. The molecule has 4 bridgehead atoms. The summed E-state index contributed by atoms with van der Waals surface area (Å²) in [5.74, 6) is 2.92. The van der Waals surface area contributed by atoms with E-state index in [1.54, 1.807) is 11.3 Å². The van der Waals surface area contributed by atoms with Crippen molar-refractivity contribution in [1.82, 2.24) is 4.98 Å². The molecule has 3 N–H and O–H groups in total. The summed E-state index contributed by atoms with van der Waals surface area (Å²) in [5.41, 5.74) is 10.5. The molecule has 166 valence electrons. The summed E-state index contributed by atoms with van der Waals surface area (Å²) in [6, 6.07) is 0. The Morgan fingerprint density at radius 3 is 2.74 bits per heavy atom. The Labute approximate surface area is 188 Å². The average Bonchev–Trinajstić information content (AvgIpc) is 3.02. The highest BCUT2D eigenvalue weighted by Gasteiger charge is 2.59. The van der Waals surface area contributed by atoms with Crippen LogP contribution in [0.5, 0.6) is 0 Å². The number of aromatic amines is 1. The number of carbonyl (C=O) groups is 1. The number of nitrogens with zero attached hydrogens (tertiary/aromatic N) is 2. The highest BCUT2D eigenvalue weighted by Crippen LogP contribution is 2.65. The van der Waals surface area contributed by atoms with Gasteiger partial charge in [0.25, 0.3) is 11.6 Å². The van der Waals surface area contributed by atoms with Crippen LogP contribution in [-0.4, -0.2) is 17.6 Å². The summed E-state index contributed by atoms with van der Waals surface area (Å²) in [6.07, 6.45) is 9.79. The Morgan fingerprint density at radius 1 is 1.32 bits per heavy atom. The maximum atomic E-state index is 13.2. The highest BCUT2D eigenvalue weighted by atomic mass is 32.1. The van der Waals surface area contributed by atoms with Crippen molar-refractivity contribution in [3.05, 3.63) is 33.7 Å². The van der Waals surface area contributed by atoms with Crippen molar-refractivity contribution in [2.75, 3.05) is 12.3 Å². The summed E-state index contributed by atoms with van der Waals surface area (Å²) in [4.78, 5) is 21.9. The van der Waals surface area contributed by atoms with E-state index < -0.39 is 0 Å². The van der Waals surface area contributed by atoms with Crippen LogP contribution in [0, 0.1) is 36.5 Å². The molecule has 4 saturated carbocycles. The molecular formula is C24H34N4O2S+2. The maximum absolute atomic E-state index is 13.2. The lowest BCUT2D eigenvalue weighted by Gasteiger charge is -2.59. The van der Waals surface area contributed by atoms with Crippen molar-refractivity contribution < 1.29 is 19.1 Å². The van der Waals surface area contributed by atoms with Gasteiger partial charge in [-0.3, -0.25) is 4.79 Å². The predicted molar refractivity (Wildman–Crippen MR) is 118 cm³/mol. The zero-order valence-electron chi connectivity index (χ0n) is 18.9. The van der Waals surface area contributed by atoms with Gasteiger partial charge < -0.3 is 10.5 Å². The van der Waals surface area contributed by atoms with Gasteiger partial charge in [-0.2, -0.15) is 4.57 Å². The van der Waals surface area contributed by atoms with E-state index in [-0.39, 0.29) is 11.4 Å². The highest BCUT2D eigenvalue weighted by molar-refractivity contribution is 7.09. The molecule has 2 aromatic rings. The standard InChI is InChI=1S/C24H33N4O2S/c1-15-20(31-14-28(15)12-19-11-26-16(2)27-21(19)25)4-5-30-22(29)24-9-17-6-18(10-24)8-23(3,7-17)13-24/h11,14,17-18H,4-10,12-13H2,1-3H3,(H2,25,26,27)/q+1/p+1. The number of anilines is 1. The molecule has 2 aromatic heterocycles. The first-order valence-corrected chi connectivity index (χ1v) is 12.4. The molecule has 31 heavy (non-hydrogen) atoms. The fourth-order valence-corrected chi connectivity index (χ4v) is 8.03. The van der Waals surface area contributed by atoms with Gasteiger partial charge in [0.05, 0.1) is 16.9 Å². The third-order valence-electron chi connectivity index (χ3n) is 7.92. The molecule has 2 atom stereocenters. The molecule has 2 heterocycles. The maximum Gasteiger partial charge on any atom is 0.312 e. The monoisotopic (exact) mass is 442 g/mol. The number of ether oxygens (including phenoxy) is 1. The molecule has 0 aliphatic heterocycles. The normalized spacial score (nSPS) is 31.2. The van der Waals surface area contributed by atoms with Crippen molar-refractivity contribution in [3.8, 4) is 0 Å². The molecular weight excluding hydrogens is 408 g/mol. The second-order valence-electron chi connectivity index (χ2n) is 10.7. The quantitative estimate of drug-likeness (QED) is 0.550. The van der Waals surface area contributed by atoms with Crippen molar-refractivity contribution in [1.29, 1.82) is 0 Å². The van der Waals surface area contributed by atoms with Gasteiger partial charge in [-0.1, -0.05) is 18.3 Å². The van der Waals surface area contributed by atoms with Crippen molar-refractivity contribution in [2.45, 2.75) is 72.3 Å². The minimum Gasteiger partial charge on any atom is -0.465 e. The fourth-order valence-electron chi connectivity index (χ4n) is 7.06. The number of esters is 1. The van der Waals surface area contributed by atoms with Gasteiger partial charge in [0.15, 0.2) is 12.2 Å². The molecule has 6 nitrogen and oxygen atoms in total. The zero-order valence-corrected chi connectivity index (χ0v) is 19.7. The number of carbonyl (C=O) groups excluding carboxylic acids is 1. The Bertz CT molecular complexity index is 1000. The number of hydrogen-bond donors (Lipinski definition) is 1. The largest absolute Gasteiger partial charge is 0.465 e. The van der Waals surface area contributed by atoms with Gasteiger partial charge in [0.2, 0.25) is 5.51 Å². The number of rotatable bonds is 6. The summed E-state index contributed by atoms with van der Waals surface area (Å²) in [7, 11) is 0. The van der Waals surface area contributed by atoms with Crippen LogP contribution >= 0.6 is 11.3 Å². The van der Waals surface area contributed by atoms with E-state index in [0.717, 1.165) is 48.9 Å². The van der Waals surface area contributed by atoms with Crippen molar-refractivity contribution in [2.24, 2.45) is 22.7 Å². The number of nitrogens with two attached hydrogens (primary N) is 1. The number of aromatic nitrogens is 3. The summed E-state index contributed by atoms with van der Waals surface area (Å²) in [6.45, 7) is 7.56. The Kier molecular flexibility index (Phi) is 5.07. The van der Waals surface area contributed by atoms with Crippen LogP contribution in [0.4, 0.5) is 5.82 Å². The third kappa shape index (κ3) is 3.86. The predicted octanol–water partition coefficient (Wildman–Crippen LogP) is 3.18. The molecule has 0 aromatic carbocycles. The Balaban J connectivity index is 1.20. The summed E-state index contributed by atoms with van der Waals surface area (Å²) >= 11 is 1.72. The lowest BCUT2D eigenvalue weighted by Crippen LogP contribution is -2.54. The van der Waals surface area contributed by atoms with E-state index in [2.05, 4.69) is 33.9 Å². The molecule has 0 spiro atoms. The van der Waals surface area contributed by atoms with E-state index >= 15 is 0 Å². The van der Waals surface area contributed by atoms with E-state index in [4.69, 9.17) is 10.5 Å². The first kappa shape index (κ1) is 20.9. The van der Waals surface area contributed by atoms with Gasteiger partial charge in [0, 0.05) is 20.3 Å². The van der Waals surface area contributed by atoms with Gasteiger partial charge in [-0.15, -0.1) is 0 Å². The minimum absolute atomic E-state index is 0.0731. The van der Waals surface area contributed by atoms with Crippen molar-refractivity contribution >= 4 is 23.1 Å². The molecule has 7 heteroatoms. The lowest BCUT2D eigenvalue weighted by atomic mass is 9.44. The molecule has 4 aliphatic rings. The smallest absolute Gasteiger partial charge is 0.312 e. The summed E-state index contributed by atoms with van der Waals surface area (Å²) < 4.78 is 8.11. The second-order valence-corrected chi connectivity index (χ2v) is 11.6. The van der Waals surface area contributed by atoms with Crippen LogP contribution in [0.2, 0.25) is 0 Å². The molecule has 6 rings (SSSR count). The van der Waals surface area contributed by atoms with Crippen LogP contribution in [0.3, 0.4) is 0 Å². The number of nitrogens with one attached hydrogen (secondary N) is 1. The van der Waals surface area contributed by atoms with Gasteiger partial charge in [-0.25, -0.2) is 4.98 Å². The van der Waals surface area contributed by atoms with Crippen LogP contribution < -0.4 is 15.3 Å². The Hall–Kier alpha value is -2.02. The van der Waals surface area contributed by atoms with E-state index in [1.165, 1.54) is 29.8 Å². The molecule has 0 radical (unpaired) electrons. The van der Waals surface area contributed by atoms with E-state index in [9.17, 15) is 4.79 Å². The summed E-state index contributed by atoms with van der Waals surface area (Å²) in [5, 5.41) is 0. The van der Waals surface area contributed by atoms with E-state index in [1.807, 2.05) is 13.1 Å². The third-order valence-corrected chi connectivity index (χ3v) is 9.06. The van der Waals surface area contributed by atoms with Gasteiger partial charge in [-0.05, 0) is 60.8 Å². The van der Waals surface area contributed by atoms with Crippen molar-refractivity contribution in [3.63, 3.8) is 0 Å². The zero-order chi connectivity index (χ0) is 21.8. The van der Waals surface area contributed by atoms with Crippen LogP contribution in [0.25, 0.3) is 0 Å². The number of thiazole rings is 1. The van der Waals surface area contributed by atoms with Gasteiger partial charge >= 0.3 is 5.97 Å². The minimum atomic E-state index is -0.199. The first-order valence-electron chi connectivity index (χ1n) is 11.5. The number of hydrogen-bond acceptors (Lipinski definition) is 5. The lowest BCUT2D eigenvalue weighted by molar-refractivity contribution is -0.690. The number of aryl methyl sites for hydroxylation is 1. The molecule has 0 amide bonds. The molecule has 4 fully saturated rings. The topological polar surface area (TPSA) is 83.2 Å². The van der Waals surface area contributed by atoms with E-state index in [0.29, 0.717) is 24.4 Å². The first-order chi connectivity index (χ1) is 14.8. The fraction of sp³-hybridized carbons (Fsp3) is 0.667. The van der Waals surface area contributed by atoms with Crippen LogP contribution in [0.15, 0.2) is 11.7 Å². The second kappa shape index (κ2) is 7.54. The average molecular weight is 443 g/mol. The van der Waals surface area contributed by atoms with Crippen LogP contribution in [-0.2, 0) is 22.5 Å². The van der Waals surface area contributed by atoms with Crippen LogP contribution in [0.1, 0.15) is 67.4 Å². The number of H-pyrrole nitrogens is 1. The molecule has 2 unspecified atom stereocenters.